The van der Waals surface area contributed by atoms with E-state index in [0.717, 1.165) is 23.9 Å². The van der Waals surface area contributed by atoms with Crippen molar-refractivity contribution in [3.8, 4) is 0 Å². The molecule has 0 atom stereocenters. The summed E-state index contributed by atoms with van der Waals surface area (Å²) in [6, 6.07) is 1.80. The first-order valence-electron chi connectivity index (χ1n) is 6.03. The Labute approximate surface area is 115 Å². The van der Waals surface area contributed by atoms with Crippen molar-refractivity contribution in [3.63, 3.8) is 0 Å². The van der Waals surface area contributed by atoms with Gasteiger partial charge in [-0.25, -0.2) is 0 Å². The number of amides is 1. The molecule has 1 amide bonds. The van der Waals surface area contributed by atoms with Crippen LogP contribution in [0.2, 0.25) is 0 Å². The Hall–Kier alpha value is -0.880. The van der Waals surface area contributed by atoms with Gasteiger partial charge in [-0.05, 0) is 25.8 Å². The third-order valence-corrected chi connectivity index (χ3v) is 4.39. The summed E-state index contributed by atoms with van der Waals surface area (Å²) >= 11 is 3.50. The van der Waals surface area contributed by atoms with Crippen molar-refractivity contribution >= 4 is 21.8 Å². The summed E-state index contributed by atoms with van der Waals surface area (Å²) in [6.45, 7) is 3.26. The molecule has 0 spiro atoms. The lowest BCUT2D eigenvalue weighted by atomic mass is 9.92. The molecule has 1 N–H and O–H groups in total. The van der Waals surface area contributed by atoms with Crippen molar-refractivity contribution in [1.82, 2.24) is 15.1 Å². The molecule has 2 rings (SSSR count). The molecule has 2 heterocycles. The van der Waals surface area contributed by atoms with Crippen LogP contribution in [0.5, 0.6) is 0 Å². The molecule has 100 valence electrons. The molecule has 5 nitrogen and oxygen atoms in total. The second kappa shape index (κ2) is 5.40. The second-order valence-corrected chi connectivity index (χ2v) is 5.34. The van der Waals surface area contributed by atoms with Crippen LogP contribution in [-0.4, -0.2) is 39.8 Å². The summed E-state index contributed by atoms with van der Waals surface area (Å²) in [7, 11) is 1.78. The molecule has 0 aromatic carbocycles. The number of ether oxygens (including phenoxy) is 1. The molecule has 0 radical (unpaired) electrons. The summed E-state index contributed by atoms with van der Waals surface area (Å²) in [5, 5.41) is 8.06. The molecular formula is C12H18BrN3O2. The van der Waals surface area contributed by atoms with Gasteiger partial charge in [-0.2, -0.15) is 5.10 Å². The smallest absolute Gasteiger partial charge is 0.270 e. The first-order valence-corrected chi connectivity index (χ1v) is 7.15. The van der Waals surface area contributed by atoms with Gasteiger partial charge in [0.2, 0.25) is 0 Å². The third kappa shape index (κ3) is 2.75. The van der Waals surface area contributed by atoms with Crippen LogP contribution in [0.3, 0.4) is 0 Å². The van der Waals surface area contributed by atoms with Crippen LogP contribution >= 0.6 is 15.9 Å². The maximum Gasteiger partial charge on any atom is 0.270 e. The zero-order chi connectivity index (χ0) is 13.2. The number of carbonyl (C=O) groups excluding carboxylic acids is 1. The van der Waals surface area contributed by atoms with Gasteiger partial charge in [0.15, 0.2) is 0 Å². The number of hydrogen-bond acceptors (Lipinski definition) is 3. The maximum absolute atomic E-state index is 12.3. The van der Waals surface area contributed by atoms with E-state index in [1.807, 2.05) is 6.92 Å². The molecule has 1 aromatic heterocycles. The van der Waals surface area contributed by atoms with Crippen LogP contribution in [0, 0.1) is 6.92 Å². The molecule has 18 heavy (non-hydrogen) atoms. The van der Waals surface area contributed by atoms with Gasteiger partial charge in [0.25, 0.3) is 5.91 Å². The van der Waals surface area contributed by atoms with Gasteiger partial charge >= 0.3 is 0 Å². The molecule has 1 aliphatic heterocycles. The Morgan fingerprint density at radius 2 is 2.28 bits per heavy atom. The number of carbonyl (C=O) groups is 1. The van der Waals surface area contributed by atoms with Crippen molar-refractivity contribution < 1.29 is 9.53 Å². The lowest BCUT2D eigenvalue weighted by molar-refractivity contribution is 0.0439. The fourth-order valence-electron chi connectivity index (χ4n) is 2.18. The van der Waals surface area contributed by atoms with E-state index in [2.05, 4.69) is 26.3 Å². The molecule has 1 aliphatic rings. The van der Waals surface area contributed by atoms with Crippen molar-refractivity contribution in [3.05, 3.63) is 17.5 Å². The number of nitrogens with zero attached hydrogens (tertiary/aromatic N) is 2. The van der Waals surface area contributed by atoms with E-state index in [-0.39, 0.29) is 11.4 Å². The highest BCUT2D eigenvalue weighted by Crippen LogP contribution is 2.23. The quantitative estimate of drug-likeness (QED) is 0.858. The predicted octanol–water partition coefficient (Wildman–Crippen LogP) is 1.40. The largest absolute Gasteiger partial charge is 0.381 e. The molecule has 1 saturated heterocycles. The van der Waals surface area contributed by atoms with Gasteiger partial charge in [-0.3, -0.25) is 9.48 Å². The third-order valence-electron chi connectivity index (χ3n) is 3.32. The highest BCUT2D eigenvalue weighted by atomic mass is 79.9. The number of nitrogens with one attached hydrogen (secondary N) is 1. The van der Waals surface area contributed by atoms with Gasteiger partial charge in [0.1, 0.15) is 5.69 Å². The van der Waals surface area contributed by atoms with Crippen molar-refractivity contribution in [2.45, 2.75) is 25.3 Å². The zero-order valence-electron chi connectivity index (χ0n) is 10.7. The average Bonchev–Trinajstić information content (AvgIpc) is 2.70. The highest BCUT2D eigenvalue weighted by Gasteiger charge is 2.33. The van der Waals surface area contributed by atoms with Crippen molar-refractivity contribution in [2.75, 3.05) is 18.5 Å². The predicted molar refractivity (Wildman–Crippen MR) is 72.0 cm³/mol. The molecular weight excluding hydrogens is 298 g/mol. The SMILES string of the molecule is Cc1cc(C(=O)NC2(CBr)CCOCC2)n(C)n1. The Balaban J connectivity index is 2.12. The molecule has 1 fully saturated rings. The standard InChI is InChI=1S/C12H18BrN3O2/c1-9-7-10(16(2)15-9)11(17)14-12(8-13)3-5-18-6-4-12/h7H,3-6,8H2,1-2H3,(H,14,17). The van der Waals surface area contributed by atoms with Crippen molar-refractivity contribution in [1.29, 1.82) is 0 Å². The van der Waals surface area contributed by atoms with E-state index < -0.39 is 0 Å². The first-order chi connectivity index (χ1) is 8.56. The number of aromatic nitrogens is 2. The minimum absolute atomic E-state index is 0.0700. The average molecular weight is 316 g/mol. The van der Waals surface area contributed by atoms with Gasteiger partial charge in [-0.15, -0.1) is 0 Å². The van der Waals surface area contributed by atoms with Crippen LogP contribution in [0.25, 0.3) is 0 Å². The summed E-state index contributed by atoms with van der Waals surface area (Å²) in [4.78, 5) is 12.3. The Bertz CT molecular complexity index is 439. The normalized spacial score (nSPS) is 18.6. The van der Waals surface area contributed by atoms with Crippen LogP contribution < -0.4 is 5.32 Å². The van der Waals surface area contributed by atoms with E-state index >= 15 is 0 Å². The number of hydrogen-bond donors (Lipinski definition) is 1. The fraction of sp³-hybridized carbons (Fsp3) is 0.667. The number of rotatable bonds is 3. The lowest BCUT2D eigenvalue weighted by Crippen LogP contribution is -2.53. The van der Waals surface area contributed by atoms with E-state index in [4.69, 9.17) is 4.74 Å². The summed E-state index contributed by atoms with van der Waals surface area (Å²) < 4.78 is 6.97. The molecule has 6 heteroatoms. The van der Waals surface area contributed by atoms with Gasteiger partial charge in [-0.1, -0.05) is 15.9 Å². The molecule has 0 saturated carbocycles. The summed E-state index contributed by atoms with van der Waals surface area (Å²) in [6.07, 6.45) is 1.67. The lowest BCUT2D eigenvalue weighted by Gasteiger charge is -2.36. The Kier molecular flexibility index (Phi) is 4.07. The monoisotopic (exact) mass is 315 g/mol. The first kappa shape index (κ1) is 13.5. The number of aryl methyl sites for hydroxylation is 2. The topological polar surface area (TPSA) is 56.1 Å². The van der Waals surface area contributed by atoms with E-state index in [1.54, 1.807) is 17.8 Å². The molecule has 0 bridgehead atoms. The van der Waals surface area contributed by atoms with Crippen LogP contribution in [0.15, 0.2) is 6.07 Å². The molecule has 0 unspecified atom stereocenters. The van der Waals surface area contributed by atoms with Gasteiger partial charge in [0.05, 0.1) is 11.2 Å². The van der Waals surface area contributed by atoms with Crippen LogP contribution in [0.4, 0.5) is 0 Å². The minimum atomic E-state index is -0.201. The fourth-order valence-corrected chi connectivity index (χ4v) is 2.88. The summed E-state index contributed by atoms with van der Waals surface area (Å²) in [5.74, 6) is -0.0700. The molecule has 0 aliphatic carbocycles. The Morgan fingerprint density at radius 3 is 2.78 bits per heavy atom. The maximum atomic E-state index is 12.3. The van der Waals surface area contributed by atoms with E-state index in [0.29, 0.717) is 18.9 Å². The van der Waals surface area contributed by atoms with Crippen LogP contribution in [0.1, 0.15) is 29.0 Å². The number of halogens is 1. The van der Waals surface area contributed by atoms with Crippen molar-refractivity contribution in [2.24, 2.45) is 7.05 Å². The van der Waals surface area contributed by atoms with Gasteiger partial charge in [0, 0.05) is 25.6 Å². The molecule has 1 aromatic rings. The van der Waals surface area contributed by atoms with E-state index in [9.17, 15) is 4.79 Å². The van der Waals surface area contributed by atoms with Gasteiger partial charge < -0.3 is 10.1 Å². The van der Waals surface area contributed by atoms with E-state index in [1.165, 1.54) is 0 Å². The van der Waals surface area contributed by atoms with Crippen LogP contribution in [-0.2, 0) is 11.8 Å². The highest BCUT2D eigenvalue weighted by molar-refractivity contribution is 9.09. The minimum Gasteiger partial charge on any atom is -0.381 e. The second-order valence-electron chi connectivity index (χ2n) is 4.78. The number of alkyl halides is 1. The summed E-state index contributed by atoms with van der Waals surface area (Å²) in [5.41, 5.74) is 1.25. The Morgan fingerprint density at radius 1 is 1.61 bits per heavy atom. The zero-order valence-corrected chi connectivity index (χ0v) is 12.3.